The molecule has 0 radical (unpaired) electrons. The van der Waals surface area contributed by atoms with Gasteiger partial charge in [-0.15, -0.1) is 0 Å². The minimum absolute atomic E-state index is 0.0307. The molecule has 2 saturated heterocycles. The average Bonchev–Trinajstić information content (AvgIpc) is 4.05. The number of benzene rings is 3. The topological polar surface area (TPSA) is 229 Å². The lowest BCUT2D eigenvalue weighted by atomic mass is 10.1. The van der Waals surface area contributed by atoms with Crippen molar-refractivity contribution < 1.29 is 46.6 Å². The summed E-state index contributed by atoms with van der Waals surface area (Å²) in [7, 11) is -10.2. The number of carbonyl (C=O) groups excluding carboxylic acids is 2. The molecule has 1 unspecified atom stereocenters. The number of fused-ring (bicyclic) bond motifs is 1. The van der Waals surface area contributed by atoms with Crippen LogP contribution in [-0.2, 0) is 37.0 Å². The molecule has 0 saturated carbocycles. The van der Waals surface area contributed by atoms with Gasteiger partial charge in [0, 0.05) is 48.7 Å². The SMILES string of the molecule is Cc1cn([C@H]2C[C@H](O[Si](c3ccccc3)(c3ccccc3)C(C)(C)C)[C@@H](/C=C/P(=O)(OCCCCCN3C(=O)c4ccccc4C3=O)O[C@H]3C[C@H](n4cc(C)c(=O)[nH]c4=O)O[C@@H]3COO[Si](C)(C)C(C)(C)C)O2)c(=O)[nH]c1=O. The molecule has 22 heteroatoms. The van der Waals surface area contributed by atoms with Gasteiger partial charge in [0.15, 0.2) is 0 Å². The summed E-state index contributed by atoms with van der Waals surface area (Å²) in [4.78, 5) is 90.0. The summed E-state index contributed by atoms with van der Waals surface area (Å²) >= 11 is 0. The summed E-state index contributed by atoms with van der Waals surface area (Å²) in [5, 5.41) is 1.29. The summed E-state index contributed by atoms with van der Waals surface area (Å²) in [6.45, 7) is 19.7. The normalized spacial score (nSPS) is 21.9. The van der Waals surface area contributed by atoms with Gasteiger partial charge in [-0.3, -0.25) is 56.8 Å². The number of hydrogen-bond acceptors (Lipinski definition) is 14. The monoisotopic (exact) mass is 1130 g/mol. The van der Waals surface area contributed by atoms with E-state index in [9.17, 15) is 28.8 Å². The number of amides is 2. The van der Waals surface area contributed by atoms with Crippen LogP contribution >= 0.6 is 7.60 Å². The predicted octanol–water partition coefficient (Wildman–Crippen LogP) is 7.75. The van der Waals surface area contributed by atoms with E-state index in [0.29, 0.717) is 36.0 Å². The molecule has 2 aromatic heterocycles. The Hall–Kier alpha value is -5.72. The molecule has 2 N–H and O–H groups in total. The zero-order valence-electron chi connectivity index (χ0n) is 46.0. The molecule has 3 aromatic carbocycles. The lowest BCUT2D eigenvalue weighted by Crippen LogP contribution is -2.68. The highest BCUT2D eigenvalue weighted by Gasteiger charge is 2.54. The fraction of sp³-hybridized carbons (Fsp3) is 0.464. The number of imide groups is 1. The highest BCUT2D eigenvalue weighted by atomic mass is 31.2. The standard InChI is InChI=1S/C56H72N5O14PSi2/c1-37-34-60(53(66)57-49(37)62)47-32-44(46(72-47)36-69-75-77(9,10)55(3,4)5)73-76(68,70-30-21-13-20-29-59-51(64)41-26-18-19-27-42(41)52(59)65)31-28-43-45(33-48(71-43)61-35-38(2)50(63)58-54(61)67)74-78(56(6,7)8,39-22-14-11-15-23-39)40-24-16-12-17-25-40/h11-12,14-19,22-28,31,34-35,43-48H,13,20-21,29-30,32-33,36H2,1-10H3,(H,57,62,66)(H,58,63,67)/b31-28+/t43-,44+,45+,46-,47-,48-,76?/m1/s1. The second-order valence-electron chi connectivity index (χ2n) is 22.8. The summed E-state index contributed by atoms with van der Waals surface area (Å²) < 4.78 is 58.2. The van der Waals surface area contributed by atoms with Crippen molar-refractivity contribution in [1.29, 1.82) is 0 Å². The van der Waals surface area contributed by atoms with Gasteiger partial charge in [0.1, 0.15) is 37.4 Å². The van der Waals surface area contributed by atoms with Crippen molar-refractivity contribution in [3.8, 4) is 0 Å². The van der Waals surface area contributed by atoms with Gasteiger partial charge < -0.3 is 18.4 Å². The molecule has 0 bridgehead atoms. The van der Waals surface area contributed by atoms with E-state index in [-0.39, 0.29) is 55.0 Å². The summed E-state index contributed by atoms with van der Waals surface area (Å²) in [5.74, 6) is 0.622. The Kier molecular flexibility index (Phi) is 17.6. The van der Waals surface area contributed by atoms with Crippen molar-refractivity contribution in [3.63, 3.8) is 0 Å². The second-order valence-corrected chi connectivity index (χ2v) is 33.6. The molecular weight excluding hydrogens is 1050 g/mol. The first-order valence-corrected chi connectivity index (χ1v) is 32.9. The largest absolute Gasteiger partial charge is 0.401 e. The third-order valence-electron chi connectivity index (χ3n) is 15.2. The molecule has 8 rings (SSSR count). The van der Waals surface area contributed by atoms with Gasteiger partial charge in [-0.05, 0) is 84.9 Å². The number of nitrogens with one attached hydrogen (secondary N) is 2. The summed E-state index contributed by atoms with van der Waals surface area (Å²) in [6, 6.07) is 26.7. The number of unbranched alkanes of at least 4 members (excludes halogenated alkanes) is 2. The zero-order chi connectivity index (χ0) is 56.4. The minimum Gasteiger partial charge on any atom is -0.401 e. The lowest BCUT2D eigenvalue weighted by Gasteiger charge is -2.45. The van der Waals surface area contributed by atoms with E-state index in [2.05, 4.69) is 75.8 Å². The van der Waals surface area contributed by atoms with Crippen LogP contribution in [0, 0.1) is 13.8 Å². The number of aryl methyl sites for hydroxylation is 2. The van der Waals surface area contributed by atoms with Crippen LogP contribution in [0.3, 0.4) is 0 Å². The molecular formula is C56H72N5O14PSi2. The van der Waals surface area contributed by atoms with Crippen molar-refractivity contribution in [2.75, 3.05) is 19.8 Å². The van der Waals surface area contributed by atoms with E-state index >= 15 is 4.57 Å². The van der Waals surface area contributed by atoms with E-state index in [1.165, 1.54) is 32.2 Å². The average molecular weight is 1130 g/mol. The van der Waals surface area contributed by atoms with E-state index in [4.69, 9.17) is 32.4 Å². The second kappa shape index (κ2) is 23.5. The van der Waals surface area contributed by atoms with E-state index < -0.39 is 88.6 Å². The molecule has 78 heavy (non-hydrogen) atoms. The van der Waals surface area contributed by atoms with Crippen LogP contribution in [0.4, 0.5) is 0 Å². The van der Waals surface area contributed by atoms with Gasteiger partial charge >= 0.3 is 19.0 Å². The maximum absolute atomic E-state index is 15.7. The van der Waals surface area contributed by atoms with Gasteiger partial charge in [-0.1, -0.05) is 114 Å². The Morgan fingerprint density at radius 3 is 1.72 bits per heavy atom. The maximum atomic E-state index is 15.7. The molecule has 3 aliphatic rings. The number of carbonyl (C=O) groups is 2. The third-order valence-corrected chi connectivity index (χ3v) is 26.0. The van der Waals surface area contributed by atoms with Gasteiger partial charge in [0.05, 0.1) is 23.8 Å². The summed E-state index contributed by atoms with van der Waals surface area (Å²) in [6.07, 6.45) is 0.0709. The van der Waals surface area contributed by atoms with Gasteiger partial charge in [0.2, 0.25) is 8.32 Å². The molecule has 0 spiro atoms. The Morgan fingerprint density at radius 2 is 1.19 bits per heavy atom. The molecule has 19 nitrogen and oxygen atoms in total. The molecule has 7 atom stereocenters. The lowest BCUT2D eigenvalue weighted by molar-refractivity contribution is -0.245. The van der Waals surface area contributed by atoms with Gasteiger partial charge in [0.25, 0.3) is 31.3 Å². The maximum Gasteiger partial charge on any atom is 0.354 e. The molecule has 5 aromatic rings. The molecule has 3 aliphatic heterocycles. The first-order chi connectivity index (χ1) is 36.8. The Labute approximate surface area is 455 Å². The first-order valence-electron chi connectivity index (χ1n) is 26.4. The Morgan fingerprint density at radius 1 is 0.679 bits per heavy atom. The van der Waals surface area contributed by atoms with Crippen molar-refractivity contribution in [2.45, 2.75) is 148 Å². The van der Waals surface area contributed by atoms with Gasteiger partial charge in [-0.2, -0.15) is 0 Å². The van der Waals surface area contributed by atoms with Crippen LogP contribution in [-0.4, -0.2) is 96.6 Å². The van der Waals surface area contributed by atoms with Crippen LogP contribution in [0.1, 0.15) is 118 Å². The minimum atomic E-state index is -4.42. The first kappa shape index (κ1) is 58.4. The number of rotatable bonds is 21. The van der Waals surface area contributed by atoms with Crippen LogP contribution in [0.5, 0.6) is 0 Å². The highest BCUT2D eigenvalue weighted by Crippen LogP contribution is 2.54. The highest BCUT2D eigenvalue weighted by molar-refractivity contribution is 7.57. The van der Waals surface area contributed by atoms with Crippen molar-refractivity contribution in [3.05, 3.63) is 173 Å². The zero-order valence-corrected chi connectivity index (χ0v) is 48.9. The number of aromatic amines is 2. The van der Waals surface area contributed by atoms with Gasteiger partial charge in [-0.25, -0.2) is 14.5 Å². The molecule has 418 valence electrons. The van der Waals surface area contributed by atoms with Crippen LogP contribution in [0.2, 0.25) is 23.2 Å². The van der Waals surface area contributed by atoms with E-state index in [1.54, 1.807) is 44.2 Å². The Balaban J connectivity index is 1.14. The third kappa shape index (κ3) is 12.5. The smallest absolute Gasteiger partial charge is 0.354 e. The quantitative estimate of drug-likeness (QED) is 0.0179. The van der Waals surface area contributed by atoms with Crippen molar-refractivity contribution >= 4 is 46.4 Å². The van der Waals surface area contributed by atoms with Crippen molar-refractivity contribution in [1.82, 2.24) is 24.0 Å². The van der Waals surface area contributed by atoms with Crippen LogP contribution in [0.25, 0.3) is 0 Å². The fourth-order valence-corrected chi connectivity index (χ4v) is 16.7. The van der Waals surface area contributed by atoms with Crippen LogP contribution < -0.4 is 32.9 Å². The molecule has 5 heterocycles. The number of H-pyrrole nitrogens is 2. The predicted molar refractivity (Wildman–Crippen MR) is 299 cm³/mol. The number of hydrogen-bond donors (Lipinski definition) is 2. The van der Waals surface area contributed by atoms with Crippen molar-refractivity contribution in [2.24, 2.45) is 0 Å². The number of nitrogens with zero attached hydrogens (tertiary/aromatic N) is 3. The van der Waals surface area contributed by atoms with E-state index in [1.807, 2.05) is 49.5 Å². The number of aromatic nitrogens is 4. The molecule has 2 fully saturated rings. The molecule has 0 aliphatic carbocycles. The number of ether oxygens (including phenoxy) is 2. The Bertz CT molecular complexity index is 3220. The molecule has 2 amide bonds. The van der Waals surface area contributed by atoms with Crippen LogP contribution in [0.15, 0.2) is 128 Å². The fourth-order valence-electron chi connectivity index (χ4n) is 9.82. The summed E-state index contributed by atoms with van der Waals surface area (Å²) in [5.41, 5.74) is -1.19. The van der Waals surface area contributed by atoms with E-state index in [0.717, 1.165) is 10.4 Å².